The van der Waals surface area contributed by atoms with Crippen molar-refractivity contribution >= 4 is 33.2 Å². The number of nitrogens with zero attached hydrogens (tertiary/aromatic N) is 3. The molecule has 3 aromatic rings. The third kappa shape index (κ3) is 8.63. The Kier molecular flexibility index (Phi) is 10.5. The second kappa shape index (κ2) is 14.3. The molecule has 0 spiro atoms. The average molecular weight is 607 g/mol. The number of nitro groups is 1. The molecule has 3 aromatic carbocycles. The Hall–Kier alpha value is -4.25. The van der Waals surface area contributed by atoms with Gasteiger partial charge in [-0.3, -0.25) is 24.0 Å². The van der Waals surface area contributed by atoms with E-state index in [1.54, 1.807) is 6.92 Å². The molecule has 11 heteroatoms. The van der Waals surface area contributed by atoms with Crippen molar-refractivity contribution in [3.63, 3.8) is 0 Å². The highest BCUT2D eigenvalue weighted by Crippen LogP contribution is 2.28. The number of nitro benzene ring substituents is 1. The van der Waals surface area contributed by atoms with E-state index in [-0.39, 0.29) is 36.3 Å². The molecule has 2 amide bonds. The predicted molar refractivity (Wildman–Crippen MR) is 166 cm³/mol. The van der Waals surface area contributed by atoms with E-state index in [0.29, 0.717) is 5.56 Å². The molecule has 43 heavy (non-hydrogen) atoms. The second-order valence-corrected chi connectivity index (χ2v) is 13.0. The van der Waals surface area contributed by atoms with Gasteiger partial charge < -0.3 is 10.2 Å². The lowest BCUT2D eigenvalue weighted by molar-refractivity contribution is -0.384. The van der Waals surface area contributed by atoms with Crippen LogP contribution in [0.15, 0.2) is 78.9 Å². The zero-order valence-electron chi connectivity index (χ0n) is 24.5. The fourth-order valence-electron chi connectivity index (χ4n) is 5.45. The van der Waals surface area contributed by atoms with Gasteiger partial charge in [0.1, 0.15) is 12.6 Å². The van der Waals surface area contributed by atoms with E-state index in [2.05, 4.69) is 5.32 Å². The summed E-state index contributed by atoms with van der Waals surface area (Å²) in [7, 11) is -4.05. The number of anilines is 1. The number of carbonyl (C=O) groups excluding carboxylic acids is 2. The van der Waals surface area contributed by atoms with E-state index < -0.39 is 33.4 Å². The Labute approximate surface area is 252 Å². The molecular weight excluding hydrogens is 568 g/mol. The van der Waals surface area contributed by atoms with Crippen molar-refractivity contribution in [2.45, 2.75) is 64.1 Å². The van der Waals surface area contributed by atoms with Crippen LogP contribution < -0.4 is 9.62 Å². The van der Waals surface area contributed by atoms with Gasteiger partial charge in [0.2, 0.25) is 21.8 Å². The zero-order chi connectivity index (χ0) is 31.0. The molecule has 0 saturated heterocycles. The Balaban J connectivity index is 1.74. The summed E-state index contributed by atoms with van der Waals surface area (Å²) in [5.41, 5.74) is 1.82. The van der Waals surface area contributed by atoms with E-state index in [0.717, 1.165) is 59.9 Å². The number of aryl methyl sites for hydroxylation is 1. The molecule has 10 nitrogen and oxygen atoms in total. The van der Waals surface area contributed by atoms with Crippen LogP contribution in [0.2, 0.25) is 0 Å². The van der Waals surface area contributed by atoms with Crippen molar-refractivity contribution in [3.8, 4) is 0 Å². The van der Waals surface area contributed by atoms with Gasteiger partial charge in [-0.05, 0) is 36.5 Å². The highest BCUT2D eigenvalue weighted by atomic mass is 32.2. The highest BCUT2D eigenvalue weighted by Gasteiger charge is 2.34. The van der Waals surface area contributed by atoms with Crippen LogP contribution in [0.25, 0.3) is 0 Å². The minimum Gasteiger partial charge on any atom is -0.352 e. The van der Waals surface area contributed by atoms with Crippen molar-refractivity contribution in [2.24, 2.45) is 0 Å². The van der Waals surface area contributed by atoms with Gasteiger partial charge in [0.15, 0.2) is 0 Å². The van der Waals surface area contributed by atoms with Crippen molar-refractivity contribution in [3.05, 3.63) is 106 Å². The molecule has 228 valence electrons. The topological polar surface area (TPSA) is 130 Å². The maximum Gasteiger partial charge on any atom is 0.271 e. The molecular formula is C32H38N4O6S. The molecule has 1 aliphatic carbocycles. The van der Waals surface area contributed by atoms with E-state index in [9.17, 15) is 28.1 Å². The Morgan fingerprint density at radius 2 is 1.56 bits per heavy atom. The number of nitrogens with one attached hydrogen (secondary N) is 1. The van der Waals surface area contributed by atoms with E-state index in [4.69, 9.17) is 0 Å². The molecule has 1 atom stereocenters. The summed E-state index contributed by atoms with van der Waals surface area (Å²) in [6.45, 7) is 1.07. The number of benzene rings is 3. The largest absolute Gasteiger partial charge is 0.352 e. The van der Waals surface area contributed by atoms with Gasteiger partial charge in [-0.2, -0.15) is 0 Å². The molecule has 1 N–H and O–H groups in total. The third-order valence-corrected chi connectivity index (χ3v) is 8.90. The number of carbonyl (C=O) groups is 2. The van der Waals surface area contributed by atoms with Crippen LogP contribution in [0, 0.1) is 17.0 Å². The first-order chi connectivity index (χ1) is 20.5. The van der Waals surface area contributed by atoms with Gasteiger partial charge >= 0.3 is 0 Å². The van der Waals surface area contributed by atoms with Crippen LogP contribution in [0.3, 0.4) is 0 Å². The number of amides is 2. The van der Waals surface area contributed by atoms with Gasteiger partial charge in [-0.1, -0.05) is 86.0 Å². The molecule has 0 radical (unpaired) electrons. The van der Waals surface area contributed by atoms with Crippen molar-refractivity contribution in [1.82, 2.24) is 10.2 Å². The first-order valence-corrected chi connectivity index (χ1v) is 16.3. The second-order valence-electron chi connectivity index (χ2n) is 11.1. The number of hydrogen-bond donors (Lipinski definition) is 1. The SMILES string of the molecule is Cc1ccc([N+](=O)[O-])cc1N(CC(=O)N(Cc1ccccc1)C(Cc1ccccc1)C(=O)NC1CCCCC1)S(C)(=O)=O. The van der Waals surface area contributed by atoms with Crippen molar-refractivity contribution in [1.29, 1.82) is 0 Å². The van der Waals surface area contributed by atoms with E-state index >= 15 is 0 Å². The first-order valence-electron chi connectivity index (χ1n) is 14.4. The minimum atomic E-state index is -4.05. The number of sulfonamides is 1. The summed E-state index contributed by atoms with van der Waals surface area (Å²) in [6, 6.07) is 21.6. The Morgan fingerprint density at radius 3 is 2.14 bits per heavy atom. The smallest absolute Gasteiger partial charge is 0.271 e. The maximum absolute atomic E-state index is 14.2. The van der Waals surface area contributed by atoms with E-state index in [1.165, 1.54) is 17.0 Å². The summed E-state index contributed by atoms with van der Waals surface area (Å²) >= 11 is 0. The van der Waals surface area contributed by atoms with Gasteiger partial charge in [-0.15, -0.1) is 0 Å². The zero-order valence-corrected chi connectivity index (χ0v) is 25.3. The van der Waals surface area contributed by atoms with Crippen LogP contribution in [0.1, 0.15) is 48.8 Å². The maximum atomic E-state index is 14.2. The summed E-state index contributed by atoms with van der Waals surface area (Å²) in [4.78, 5) is 40.5. The fraction of sp³-hybridized carbons (Fsp3) is 0.375. The first kappa shape index (κ1) is 31.7. The number of hydrogen-bond acceptors (Lipinski definition) is 6. The van der Waals surface area contributed by atoms with Crippen LogP contribution in [-0.4, -0.2) is 54.9 Å². The van der Waals surface area contributed by atoms with Crippen LogP contribution in [-0.2, 0) is 32.6 Å². The highest BCUT2D eigenvalue weighted by molar-refractivity contribution is 7.92. The molecule has 1 fully saturated rings. The fourth-order valence-corrected chi connectivity index (χ4v) is 6.35. The lowest BCUT2D eigenvalue weighted by atomic mass is 9.94. The Bertz CT molecular complexity index is 1530. The lowest BCUT2D eigenvalue weighted by Gasteiger charge is -2.35. The Morgan fingerprint density at radius 1 is 0.953 bits per heavy atom. The van der Waals surface area contributed by atoms with Crippen molar-refractivity contribution < 1.29 is 22.9 Å². The number of rotatable bonds is 12. The van der Waals surface area contributed by atoms with Gasteiger partial charge in [0.05, 0.1) is 16.9 Å². The summed E-state index contributed by atoms with van der Waals surface area (Å²) in [5.74, 6) is -0.891. The molecule has 0 aromatic heterocycles. The van der Waals surface area contributed by atoms with Gasteiger partial charge in [-0.25, -0.2) is 8.42 Å². The summed E-state index contributed by atoms with van der Waals surface area (Å²) in [6.07, 6.45) is 6.08. The average Bonchev–Trinajstić information content (AvgIpc) is 2.99. The predicted octanol–water partition coefficient (Wildman–Crippen LogP) is 4.76. The van der Waals surface area contributed by atoms with E-state index in [1.807, 2.05) is 60.7 Å². The normalized spacial score (nSPS) is 14.5. The van der Waals surface area contributed by atoms with Crippen LogP contribution in [0.4, 0.5) is 11.4 Å². The molecule has 0 bridgehead atoms. The third-order valence-electron chi connectivity index (χ3n) is 7.77. The van der Waals surface area contributed by atoms with Crippen LogP contribution >= 0.6 is 0 Å². The summed E-state index contributed by atoms with van der Waals surface area (Å²) < 4.78 is 27.0. The molecule has 0 aliphatic heterocycles. The molecule has 1 aliphatic rings. The minimum absolute atomic E-state index is 0.00763. The van der Waals surface area contributed by atoms with Gasteiger partial charge in [0.25, 0.3) is 5.69 Å². The standard InChI is InChI=1S/C32H38N4O6S/c1-24-18-19-28(36(39)40)21-29(24)35(43(2,41)42)23-31(37)34(22-26-14-8-4-9-15-26)30(20-25-12-6-3-7-13-25)32(38)33-27-16-10-5-11-17-27/h3-4,6-9,12-15,18-19,21,27,30H,5,10-11,16-17,20,22-23H2,1-2H3,(H,33,38). The number of non-ortho nitro benzene ring substituents is 1. The molecule has 1 unspecified atom stereocenters. The molecule has 4 rings (SSSR count). The lowest BCUT2D eigenvalue weighted by Crippen LogP contribution is -2.55. The van der Waals surface area contributed by atoms with Crippen molar-refractivity contribution in [2.75, 3.05) is 17.1 Å². The summed E-state index contributed by atoms with van der Waals surface area (Å²) in [5, 5.41) is 14.7. The quantitative estimate of drug-likeness (QED) is 0.234. The molecule has 1 saturated carbocycles. The monoisotopic (exact) mass is 606 g/mol. The van der Waals surface area contributed by atoms with Gasteiger partial charge in [0, 0.05) is 31.1 Å². The van der Waals surface area contributed by atoms with Crippen LogP contribution in [0.5, 0.6) is 0 Å². The molecule has 0 heterocycles.